The lowest BCUT2D eigenvalue weighted by atomic mass is 9.64. The van der Waals surface area contributed by atoms with Crippen LogP contribution in [0, 0.1) is 10.8 Å². The van der Waals surface area contributed by atoms with Gasteiger partial charge in [-0.15, -0.1) is 0 Å². The molecule has 0 spiro atoms. The number of carbonyl (C=O) groups excluding carboxylic acids is 3. The second kappa shape index (κ2) is 10.2. The van der Waals surface area contributed by atoms with Crippen molar-refractivity contribution < 1.29 is 18.8 Å². The highest BCUT2D eigenvalue weighted by Crippen LogP contribution is 2.45. The minimum absolute atomic E-state index is 0.0508. The molecule has 3 heterocycles. The van der Waals surface area contributed by atoms with E-state index in [1.807, 2.05) is 6.92 Å². The first-order chi connectivity index (χ1) is 19.0. The van der Waals surface area contributed by atoms with Crippen LogP contribution < -0.4 is 21.7 Å². The Morgan fingerprint density at radius 3 is 2.50 bits per heavy atom. The largest absolute Gasteiger partial charge is 0.419 e. The summed E-state index contributed by atoms with van der Waals surface area (Å²) in [5.41, 5.74) is 1.97. The Labute approximate surface area is 230 Å². The fourth-order valence-corrected chi connectivity index (χ4v) is 5.24. The second-order valence-electron chi connectivity index (χ2n) is 11.2. The maximum Gasteiger partial charge on any atom is 0.419 e. The number of benzene rings is 1. The molecule has 1 aromatic carbocycles. The van der Waals surface area contributed by atoms with Crippen LogP contribution >= 0.6 is 0 Å². The van der Waals surface area contributed by atoms with Gasteiger partial charge in [0.1, 0.15) is 11.4 Å². The molecule has 0 atom stereocenters. The maximum absolute atomic E-state index is 13.3. The lowest BCUT2D eigenvalue weighted by molar-refractivity contribution is -0.132. The van der Waals surface area contributed by atoms with Gasteiger partial charge in [0.2, 0.25) is 5.91 Å². The van der Waals surface area contributed by atoms with Gasteiger partial charge in [0.15, 0.2) is 11.2 Å². The summed E-state index contributed by atoms with van der Waals surface area (Å²) in [6.07, 6.45) is 4.61. The molecule has 1 saturated carbocycles. The number of hydrogen-bond donors (Lipinski definition) is 3. The molecule has 12 heteroatoms. The third-order valence-electron chi connectivity index (χ3n) is 8.15. The average Bonchev–Trinajstić information content (AvgIpc) is 3.55. The summed E-state index contributed by atoms with van der Waals surface area (Å²) in [7, 11) is 3.27. The summed E-state index contributed by atoms with van der Waals surface area (Å²) in [6, 6.07) is 8.28. The molecule has 0 saturated heterocycles. The fourth-order valence-electron chi connectivity index (χ4n) is 5.24. The predicted octanol–water partition coefficient (Wildman–Crippen LogP) is 2.17. The predicted molar refractivity (Wildman–Crippen MR) is 147 cm³/mol. The number of rotatable bonds is 7. The Balaban J connectivity index is 1.28. The van der Waals surface area contributed by atoms with E-state index < -0.39 is 17.1 Å². The molecule has 3 N–H and O–H groups in total. The molecule has 3 amide bonds. The van der Waals surface area contributed by atoms with Gasteiger partial charge in [0.25, 0.3) is 11.8 Å². The van der Waals surface area contributed by atoms with E-state index in [0.717, 1.165) is 31.2 Å². The molecular formula is C28H33N7O5. The summed E-state index contributed by atoms with van der Waals surface area (Å²) in [4.78, 5) is 54.8. The van der Waals surface area contributed by atoms with Crippen LogP contribution in [0.4, 0.5) is 0 Å². The SMILES string of the molecule is CNC(=O)C1(C)CCC(C)(CNC(=O)c2cc(C(=O)NCc3ccc4oc(=O)n(C)c4c3)nc3ccnn23)CC1. The number of nitrogens with one attached hydrogen (secondary N) is 3. The highest BCUT2D eigenvalue weighted by molar-refractivity contribution is 5.98. The van der Waals surface area contributed by atoms with Gasteiger partial charge in [-0.25, -0.2) is 14.3 Å². The third kappa shape index (κ3) is 5.08. The molecule has 210 valence electrons. The summed E-state index contributed by atoms with van der Waals surface area (Å²) in [5, 5.41) is 12.8. The van der Waals surface area contributed by atoms with Gasteiger partial charge in [-0.1, -0.05) is 19.9 Å². The highest BCUT2D eigenvalue weighted by atomic mass is 16.4. The van der Waals surface area contributed by atoms with Crippen LogP contribution in [-0.2, 0) is 18.4 Å². The van der Waals surface area contributed by atoms with Gasteiger partial charge in [-0.2, -0.15) is 5.10 Å². The number of aryl methyl sites for hydroxylation is 1. The van der Waals surface area contributed by atoms with Crippen LogP contribution in [0.2, 0.25) is 0 Å². The molecule has 4 aromatic rings. The van der Waals surface area contributed by atoms with Gasteiger partial charge >= 0.3 is 5.76 Å². The minimum Gasteiger partial charge on any atom is -0.408 e. The van der Waals surface area contributed by atoms with E-state index in [9.17, 15) is 19.2 Å². The molecule has 1 fully saturated rings. The van der Waals surface area contributed by atoms with E-state index in [1.54, 1.807) is 38.4 Å². The van der Waals surface area contributed by atoms with E-state index in [2.05, 4.69) is 33.0 Å². The fraction of sp³-hybridized carbons (Fsp3) is 0.429. The van der Waals surface area contributed by atoms with Gasteiger partial charge in [-0.05, 0) is 48.8 Å². The van der Waals surface area contributed by atoms with Crippen LogP contribution in [0.25, 0.3) is 16.7 Å². The lowest BCUT2D eigenvalue weighted by Gasteiger charge is -2.42. The van der Waals surface area contributed by atoms with Crippen molar-refractivity contribution in [3.05, 3.63) is 64.0 Å². The van der Waals surface area contributed by atoms with Crippen molar-refractivity contribution in [2.45, 2.75) is 46.1 Å². The Kier molecular flexibility index (Phi) is 6.94. The third-order valence-corrected chi connectivity index (χ3v) is 8.15. The zero-order valence-electron chi connectivity index (χ0n) is 23.0. The van der Waals surface area contributed by atoms with Crippen molar-refractivity contribution in [3.63, 3.8) is 0 Å². The van der Waals surface area contributed by atoms with E-state index >= 15 is 0 Å². The first-order valence-electron chi connectivity index (χ1n) is 13.2. The summed E-state index contributed by atoms with van der Waals surface area (Å²) >= 11 is 0. The summed E-state index contributed by atoms with van der Waals surface area (Å²) in [6.45, 7) is 4.72. The van der Waals surface area contributed by atoms with Gasteiger partial charge < -0.3 is 20.4 Å². The van der Waals surface area contributed by atoms with E-state index in [4.69, 9.17) is 4.42 Å². The van der Waals surface area contributed by atoms with Crippen LogP contribution in [0.3, 0.4) is 0 Å². The monoisotopic (exact) mass is 547 g/mol. The number of oxazole rings is 1. The quantitative estimate of drug-likeness (QED) is 0.321. The van der Waals surface area contributed by atoms with Crippen LogP contribution in [-0.4, -0.2) is 50.5 Å². The van der Waals surface area contributed by atoms with Crippen molar-refractivity contribution in [1.29, 1.82) is 0 Å². The Morgan fingerprint density at radius 1 is 1.02 bits per heavy atom. The average molecular weight is 548 g/mol. The van der Waals surface area contributed by atoms with E-state index in [0.29, 0.717) is 23.3 Å². The molecule has 5 rings (SSSR count). The van der Waals surface area contributed by atoms with Crippen molar-refractivity contribution >= 4 is 34.5 Å². The molecule has 12 nitrogen and oxygen atoms in total. The maximum atomic E-state index is 13.3. The van der Waals surface area contributed by atoms with Crippen molar-refractivity contribution in [1.82, 2.24) is 35.1 Å². The number of fused-ring (bicyclic) bond motifs is 2. The topological polar surface area (TPSA) is 153 Å². The number of amides is 3. The molecule has 0 bridgehead atoms. The molecule has 3 aromatic heterocycles. The molecule has 1 aliphatic rings. The van der Waals surface area contributed by atoms with Crippen molar-refractivity contribution in [2.24, 2.45) is 17.9 Å². The first-order valence-corrected chi connectivity index (χ1v) is 13.2. The smallest absolute Gasteiger partial charge is 0.408 e. The van der Waals surface area contributed by atoms with E-state index in [-0.39, 0.29) is 35.2 Å². The van der Waals surface area contributed by atoms with Crippen molar-refractivity contribution in [3.8, 4) is 0 Å². The van der Waals surface area contributed by atoms with Crippen LogP contribution in [0.5, 0.6) is 0 Å². The van der Waals surface area contributed by atoms with Gasteiger partial charge in [0, 0.05) is 44.7 Å². The number of aromatic nitrogens is 4. The Morgan fingerprint density at radius 2 is 1.77 bits per heavy atom. The molecule has 40 heavy (non-hydrogen) atoms. The molecule has 0 unspecified atom stereocenters. The molecule has 1 aliphatic carbocycles. The standard InChI is InChI=1S/C28H33N7O5/c1-27(8-10-28(2,11-9-27)25(38)29-3)16-31-24(37)20-14-18(33-22-7-12-32-35(20)22)23(36)30-15-17-5-6-21-19(13-17)34(4)26(39)40-21/h5-7,12-14H,8-11,15-16H2,1-4H3,(H,29,38)(H,30,36)(H,31,37). The number of nitrogens with zero attached hydrogens (tertiary/aromatic N) is 4. The van der Waals surface area contributed by atoms with Gasteiger partial charge in [0.05, 0.1) is 11.7 Å². The summed E-state index contributed by atoms with van der Waals surface area (Å²) in [5.74, 6) is -1.22. The van der Waals surface area contributed by atoms with Crippen LogP contribution in [0.15, 0.2) is 45.7 Å². The van der Waals surface area contributed by atoms with E-state index in [1.165, 1.54) is 21.3 Å². The Hall–Kier alpha value is -4.48. The first kappa shape index (κ1) is 27.1. The lowest BCUT2D eigenvalue weighted by Crippen LogP contribution is -2.45. The summed E-state index contributed by atoms with van der Waals surface area (Å²) < 4.78 is 7.96. The highest BCUT2D eigenvalue weighted by Gasteiger charge is 2.41. The van der Waals surface area contributed by atoms with Gasteiger partial charge in [-0.3, -0.25) is 19.0 Å². The molecular weight excluding hydrogens is 514 g/mol. The normalized spacial score (nSPS) is 20.9. The zero-order chi connectivity index (χ0) is 28.7. The number of hydrogen-bond acceptors (Lipinski definition) is 7. The number of carbonyl (C=O) groups is 3. The Bertz CT molecular complexity index is 1670. The van der Waals surface area contributed by atoms with Crippen LogP contribution in [0.1, 0.15) is 66.1 Å². The second-order valence-corrected chi connectivity index (χ2v) is 11.2. The molecule has 0 radical (unpaired) electrons. The zero-order valence-corrected chi connectivity index (χ0v) is 23.0. The minimum atomic E-state index is -0.458. The molecule has 0 aliphatic heterocycles. The van der Waals surface area contributed by atoms with Crippen molar-refractivity contribution in [2.75, 3.05) is 13.6 Å².